The summed E-state index contributed by atoms with van der Waals surface area (Å²) in [5.41, 5.74) is 2.13. The van der Waals surface area contributed by atoms with E-state index in [1.807, 2.05) is 6.07 Å². The Bertz CT molecular complexity index is 551. The van der Waals surface area contributed by atoms with Gasteiger partial charge in [0.1, 0.15) is 0 Å². The van der Waals surface area contributed by atoms with Crippen LogP contribution in [-0.4, -0.2) is 16.8 Å². The van der Waals surface area contributed by atoms with Crippen molar-refractivity contribution in [2.75, 3.05) is 11.4 Å². The van der Waals surface area contributed by atoms with Crippen molar-refractivity contribution >= 4 is 22.0 Å². The van der Waals surface area contributed by atoms with Crippen molar-refractivity contribution in [1.29, 1.82) is 0 Å². The van der Waals surface area contributed by atoms with Crippen molar-refractivity contribution in [3.05, 3.63) is 35.2 Å². The zero-order valence-electron chi connectivity index (χ0n) is 9.97. The highest BCUT2D eigenvalue weighted by Crippen LogP contribution is 2.40. The second kappa shape index (κ2) is 4.53. The van der Waals surface area contributed by atoms with Crippen LogP contribution in [0.25, 0.3) is 0 Å². The Morgan fingerprint density at radius 1 is 1.11 bits per heavy atom. The molecule has 0 unspecified atom stereocenters. The van der Waals surface area contributed by atoms with Crippen LogP contribution < -0.4 is 4.90 Å². The molecule has 0 amide bonds. The molecule has 2 heterocycles. The minimum Gasteiger partial charge on any atom is -0.504 e. The molecule has 94 valence electrons. The largest absolute Gasteiger partial charge is 0.504 e. The third-order valence-corrected chi connectivity index (χ3v) is 4.21. The van der Waals surface area contributed by atoms with E-state index in [-0.39, 0.29) is 11.5 Å². The second-order valence-electron chi connectivity index (χ2n) is 4.53. The lowest BCUT2D eigenvalue weighted by molar-refractivity contribution is 0.403. The first-order valence-corrected chi connectivity index (χ1v) is 6.99. The lowest BCUT2D eigenvalue weighted by Crippen LogP contribution is -2.16. The maximum Gasteiger partial charge on any atom is 0.159 e. The Morgan fingerprint density at radius 2 is 1.94 bits per heavy atom. The Labute approximate surface area is 110 Å². The average Bonchev–Trinajstić information content (AvgIpc) is 2.80. The molecule has 0 aliphatic carbocycles. The summed E-state index contributed by atoms with van der Waals surface area (Å²) in [6.07, 6.45) is 3.18. The molecule has 2 aromatic rings. The van der Waals surface area contributed by atoms with E-state index in [1.54, 1.807) is 23.5 Å². The Balaban J connectivity index is 2.11. The summed E-state index contributed by atoms with van der Waals surface area (Å²) in [6.45, 7) is 0.956. The topological polar surface area (TPSA) is 43.7 Å². The van der Waals surface area contributed by atoms with Gasteiger partial charge in [-0.2, -0.15) is 0 Å². The van der Waals surface area contributed by atoms with Gasteiger partial charge in [-0.15, -0.1) is 11.3 Å². The number of fused-ring (bicyclic) bond motifs is 1. The van der Waals surface area contributed by atoms with Gasteiger partial charge in [-0.3, -0.25) is 0 Å². The van der Waals surface area contributed by atoms with E-state index < -0.39 is 0 Å². The van der Waals surface area contributed by atoms with Crippen LogP contribution in [0.3, 0.4) is 0 Å². The second-order valence-corrected chi connectivity index (χ2v) is 5.46. The number of benzene rings is 1. The number of aryl methyl sites for hydroxylation is 1. The van der Waals surface area contributed by atoms with Crippen molar-refractivity contribution in [2.24, 2.45) is 0 Å². The molecule has 1 aliphatic heterocycles. The van der Waals surface area contributed by atoms with Gasteiger partial charge in [-0.1, -0.05) is 0 Å². The fourth-order valence-corrected chi connectivity index (χ4v) is 3.19. The number of anilines is 2. The van der Waals surface area contributed by atoms with Gasteiger partial charge in [0.25, 0.3) is 0 Å². The molecule has 1 aliphatic rings. The van der Waals surface area contributed by atoms with Gasteiger partial charge in [-0.05, 0) is 48.4 Å². The normalized spacial score (nSPS) is 15.2. The monoisotopic (exact) mass is 261 g/mol. The number of hydrogen-bond acceptors (Lipinski definition) is 4. The van der Waals surface area contributed by atoms with E-state index in [9.17, 15) is 10.2 Å². The predicted molar refractivity (Wildman–Crippen MR) is 74.0 cm³/mol. The average molecular weight is 261 g/mol. The fourth-order valence-electron chi connectivity index (χ4n) is 2.42. The molecule has 2 N–H and O–H groups in total. The fraction of sp³-hybridized carbons (Fsp3) is 0.286. The molecule has 18 heavy (non-hydrogen) atoms. The summed E-state index contributed by atoms with van der Waals surface area (Å²) < 4.78 is 0. The summed E-state index contributed by atoms with van der Waals surface area (Å²) in [4.78, 5) is 2.23. The van der Waals surface area contributed by atoms with Crippen LogP contribution in [0, 0.1) is 0 Å². The van der Waals surface area contributed by atoms with Crippen LogP contribution in [0.15, 0.2) is 29.6 Å². The van der Waals surface area contributed by atoms with Gasteiger partial charge >= 0.3 is 0 Å². The van der Waals surface area contributed by atoms with Crippen LogP contribution in [0.1, 0.15) is 18.4 Å². The van der Waals surface area contributed by atoms with Gasteiger partial charge in [0.15, 0.2) is 11.5 Å². The third kappa shape index (κ3) is 1.93. The molecule has 1 aromatic carbocycles. The van der Waals surface area contributed by atoms with Crippen LogP contribution in [0.4, 0.5) is 10.7 Å². The summed E-state index contributed by atoms with van der Waals surface area (Å²) in [5.74, 6) is -0.0704. The van der Waals surface area contributed by atoms with Crippen molar-refractivity contribution in [2.45, 2.75) is 19.3 Å². The molecule has 0 atom stereocenters. The molecule has 0 saturated carbocycles. The standard InChI is InChI=1S/C14H15NO2S/c16-12-8-10-4-1-2-6-15(11(10)9-13(12)17)14-5-3-7-18-14/h3,5,7-9,16-17H,1-2,4,6H2. The minimum absolute atomic E-state index is 0.0261. The number of rotatable bonds is 1. The SMILES string of the molecule is Oc1cc2c(cc1O)N(c1cccs1)CCCC2. The van der Waals surface area contributed by atoms with Crippen LogP contribution >= 0.6 is 11.3 Å². The van der Waals surface area contributed by atoms with Crippen LogP contribution in [-0.2, 0) is 6.42 Å². The van der Waals surface area contributed by atoms with Crippen LogP contribution in [0.5, 0.6) is 11.5 Å². The maximum atomic E-state index is 9.71. The zero-order chi connectivity index (χ0) is 12.5. The highest BCUT2D eigenvalue weighted by atomic mass is 32.1. The summed E-state index contributed by atoms with van der Waals surface area (Å²) in [7, 11) is 0. The van der Waals surface area contributed by atoms with Gasteiger partial charge < -0.3 is 15.1 Å². The lowest BCUT2D eigenvalue weighted by Gasteiger charge is -2.23. The number of thiophene rings is 1. The summed E-state index contributed by atoms with van der Waals surface area (Å²) >= 11 is 1.69. The van der Waals surface area contributed by atoms with E-state index in [4.69, 9.17) is 0 Å². The highest BCUT2D eigenvalue weighted by molar-refractivity contribution is 7.14. The Hall–Kier alpha value is -1.68. The van der Waals surface area contributed by atoms with E-state index in [2.05, 4.69) is 16.3 Å². The van der Waals surface area contributed by atoms with Gasteiger partial charge in [0.2, 0.25) is 0 Å². The number of phenolic OH excluding ortho intramolecular Hbond substituents is 2. The number of phenols is 2. The minimum atomic E-state index is -0.0443. The highest BCUT2D eigenvalue weighted by Gasteiger charge is 2.19. The molecule has 0 radical (unpaired) electrons. The maximum absolute atomic E-state index is 9.71. The van der Waals surface area contributed by atoms with Gasteiger partial charge in [-0.25, -0.2) is 0 Å². The van der Waals surface area contributed by atoms with E-state index in [1.165, 1.54) is 5.00 Å². The van der Waals surface area contributed by atoms with Crippen molar-refractivity contribution in [3.8, 4) is 11.5 Å². The number of hydrogen-bond donors (Lipinski definition) is 2. The Kier molecular flexibility index (Phi) is 2.88. The summed E-state index contributed by atoms with van der Waals surface area (Å²) in [5, 5.41) is 22.6. The molecule has 1 aromatic heterocycles. The number of nitrogens with zero attached hydrogens (tertiary/aromatic N) is 1. The van der Waals surface area contributed by atoms with E-state index >= 15 is 0 Å². The zero-order valence-corrected chi connectivity index (χ0v) is 10.8. The molecular formula is C14H15NO2S. The number of aromatic hydroxyl groups is 2. The molecule has 0 bridgehead atoms. The van der Waals surface area contributed by atoms with Crippen molar-refractivity contribution in [3.63, 3.8) is 0 Å². The molecule has 0 spiro atoms. The first-order chi connectivity index (χ1) is 8.75. The van der Waals surface area contributed by atoms with Crippen molar-refractivity contribution < 1.29 is 10.2 Å². The molecule has 4 heteroatoms. The lowest BCUT2D eigenvalue weighted by atomic mass is 10.1. The quantitative estimate of drug-likeness (QED) is 0.770. The smallest absolute Gasteiger partial charge is 0.159 e. The molecule has 0 fully saturated rings. The molecule has 3 nitrogen and oxygen atoms in total. The van der Waals surface area contributed by atoms with Crippen molar-refractivity contribution in [1.82, 2.24) is 0 Å². The van der Waals surface area contributed by atoms with Gasteiger partial charge in [0.05, 0.1) is 5.00 Å². The predicted octanol–water partition coefficient (Wildman–Crippen LogP) is 3.63. The molecular weight excluding hydrogens is 246 g/mol. The molecule has 3 rings (SSSR count). The first kappa shape index (κ1) is 11.4. The van der Waals surface area contributed by atoms with Gasteiger partial charge in [0, 0.05) is 18.3 Å². The third-order valence-electron chi connectivity index (χ3n) is 3.32. The van der Waals surface area contributed by atoms with E-state index in [0.29, 0.717) is 0 Å². The van der Waals surface area contributed by atoms with E-state index in [0.717, 1.165) is 37.1 Å². The summed E-state index contributed by atoms with van der Waals surface area (Å²) in [6, 6.07) is 7.49. The van der Waals surface area contributed by atoms with Crippen LogP contribution in [0.2, 0.25) is 0 Å². The Morgan fingerprint density at radius 3 is 2.72 bits per heavy atom. The first-order valence-electron chi connectivity index (χ1n) is 6.11. The molecule has 0 saturated heterocycles.